The third kappa shape index (κ3) is 1.42. The van der Waals surface area contributed by atoms with Gasteiger partial charge in [0.05, 0.1) is 0 Å². The lowest BCUT2D eigenvalue weighted by molar-refractivity contribution is -0.122. The minimum Gasteiger partial charge on any atom is -0.351 e. The fraction of sp³-hybridized carbons (Fsp3) is 0.769. The largest absolute Gasteiger partial charge is 0.351 e. The summed E-state index contributed by atoms with van der Waals surface area (Å²) >= 11 is 0. The van der Waals surface area contributed by atoms with Gasteiger partial charge in [-0.3, -0.25) is 4.79 Å². The van der Waals surface area contributed by atoms with Crippen LogP contribution in [0.4, 0.5) is 0 Å². The van der Waals surface area contributed by atoms with Crippen molar-refractivity contribution in [2.24, 2.45) is 11.3 Å². The normalized spacial score (nSPS) is 46.5. The molecule has 4 aliphatic rings. The molecule has 0 spiro atoms. The van der Waals surface area contributed by atoms with Crippen LogP contribution in [0.15, 0.2) is 11.6 Å². The predicted molar refractivity (Wildman–Crippen MR) is 59.3 cm³/mol. The van der Waals surface area contributed by atoms with Gasteiger partial charge in [0.1, 0.15) is 0 Å². The second-order valence-corrected chi connectivity index (χ2v) is 6.30. The Hall–Kier alpha value is -0.790. The van der Waals surface area contributed by atoms with Gasteiger partial charge in [-0.1, -0.05) is 18.6 Å². The Morgan fingerprint density at radius 2 is 2.27 bits per heavy atom. The van der Waals surface area contributed by atoms with Crippen LogP contribution in [-0.4, -0.2) is 11.4 Å². The Balaban J connectivity index is 1.95. The number of hydrogen-bond donors (Lipinski definition) is 1. The summed E-state index contributed by atoms with van der Waals surface area (Å²) in [4.78, 5) is 11.3. The summed E-state index contributed by atoms with van der Waals surface area (Å²) < 4.78 is 0. The first-order chi connectivity index (χ1) is 6.99. The average Bonchev–Trinajstić information content (AvgIpc) is 1.94. The molecule has 1 N–H and O–H groups in total. The molecule has 15 heavy (non-hydrogen) atoms. The zero-order valence-corrected chi connectivity index (χ0v) is 9.60. The smallest absolute Gasteiger partial charge is 0.217 e. The Morgan fingerprint density at radius 1 is 1.47 bits per heavy atom. The highest BCUT2D eigenvalue weighted by Crippen LogP contribution is 2.58. The molecule has 4 rings (SSSR count). The number of nitrogens with one attached hydrogen (secondary N) is 1. The fourth-order valence-corrected chi connectivity index (χ4v) is 4.56. The Bertz CT molecular complexity index is 360. The molecule has 3 atom stereocenters. The maximum Gasteiger partial charge on any atom is 0.217 e. The molecule has 82 valence electrons. The Morgan fingerprint density at radius 3 is 2.87 bits per heavy atom. The van der Waals surface area contributed by atoms with E-state index in [1.807, 2.05) is 0 Å². The average molecular weight is 205 g/mol. The van der Waals surface area contributed by atoms with E-state index < -0.39 is 0 Å². The van der Waals surface area contributed by atoms with E-state index in [4.69, 9.17) is 0 Å². The van der Waals surface area contributed by atoms with Gasteiger partial charge in [0.25, 0.3) is 0 Å². The van der Waals surface area contributed by atoms with Crippen molar-refractivity contribution in [1.29, 1.82) is 0 Å². The molecule has 2 saturated carbocycles. The highest BCUT2D eigenvalue weighted by Gasteiger charge is 2.52. The van der Waals surface area contributed by atoms with E-state index in [1.54, 1.807) is 12.5 Å². The summed E-state index contributed by atoms with van der Waals surface area (Å²) in [6, 6.07) is 0. The first-order valence-corrected chi connectivity index (χ1v) is 5.97. The third-order valence-corrected chi connectivity index (χ3v) is 4.30. The van der Waals surface area contributed by atoms with Crippen LogP contribution in [0.25, 0.3) is 0 Å². The van der Waals surface area contributed by atoms with E-state index in [0.717, 1.165) is 12.3 Å². The topological polar surface area (TPSA) is 29.1 Å². The molecule has 2 fully saturated rings. The Labute approximate surface area is 91.1 Å². The van der Waals surface area contributed by atoms with Crippen molar-refractivity contribution < 1.29 is 4.79 Å². The molecular formula is C13H19NO. The van der Waals surface area contributed by atoms with E-state index in [0.29, 0.717) is 5.41 Å². The van der Waals surface area contributed by atoms with Crippen molar-refractivity contribution in [1.82, 2.24) is 5.32 Å². The van der Waals surface area contributed by atoms with Gasteiger partial charge in [0, 0.05) is 12.5 Å². The number of rotatable bonds is 1. The Kier molecular flexibility index (Phi) is 1.67. The van der Waals surface area contributed by atoms with Gasteiger partial charge in [-0.15, -0.1) is 0 Å². The molecule has 0 aromatic rings. The summed E-state index contributed by atoms with van der Waals surface area (Å²) in [6.45, 7) is 4.04. The molecule has 0 radical (unpaired) electrons. The van der Waals surface area contributed by atoms with E-state index in [-0.39, 0.29) is 11.4 Å². The summed E-state index contributed by atoms with van der Waals surface area (Å²) in [7, 11) is 0. The molecule has 1 amide bonds. The zero-order valence-electron chi connectivity index (χ0n) is 9.60. The van der Waals surface area contributed by atoms with E-state index >= 15 is 0 Å². The summed E-state index contributed by atoms with van der Waals surface area (Å²) in [5, 5.41) is 3.23. The van der Waals surface area contributed by atoms with Crippen molar-refractivity contribution in [2.75, 3.05) is 0 Å². The first kappa shape index (κ1) is 9.44. The standard InChI is InChI=1S/C13H19NO/c1-9(15)14-13-6-10-3-11(7-13)5-12(2,4-10)8-13/h3,10H,4-8H2,1-2H3,(H,14,15). The van der Waals surface area contributed by atoms with Gasteiger partial charge in [-0.2, -0.15) is 0 Å². The highest BCUT2D eigenvalue weighted by atomic mass is 16.1. The lowest BCUT2D eigenvalue weighted by atomic mass is 9.51. The van der Waals surface area contributed by atoms with E-state index in [9.17, 15) is 4.79 Å². The molecule has 0 aliphatic heterocycles. The fourth-order valence-electron chi connectivity index (χ4n) is 4.56. The van der Waals surface area contributed by atoms with Crippen molar-refractivity contribution in [3.05, 3.63) is 11.6 Å². The maximum atomic E-state index is 11.3. The van der Waals surface area contributed by atoms with Crippen LogP contribution in [0.3, 0.4) is 0 Å². The van der Waals surface area contributed by atoms with E-state index in [1.165, 1.54) is 25.7 Å². The van der Waals surface area contributed by atoms with Crippen LogP contribution in [0.1, 0.15) is 46.0 Å². The predicted octanol–water partition coefficient (Wildman–Crippen LogP) is 2.40. The number of hydrogen-bond acceptors (Lipinski definition) is 1. The minimum atomic E-state index is 0.117. The number of amides is 1. The molecule has 2 nitrogen and oxygen atoms in total. The number of carbonyl (C=O) groups is 1. The quantitative estimate of drug-likeness (QED) is 0.654. The van der Waals surface area contributed by atoms with Gasteiger partial charge in [0.15, 0.2) is 0 Å². The van der Waals surface area contributed by atoms with Crippen LogP contribution in [-0.2, 0) is 4.79 Å². The van der Waals surface area contributed by atoms with Gasteiger partial charge < -0.3 is 5.32 Å². The second kappa shape index (κ2) is 2.66. The third-order valence-electron chi connectivity index (χ3n) is 4.30. The van der Waals surface area contributed by atoms with Crippen molar-refractivity contribution in [2.45, 2.75) is 51.5 Å². The van der Waals surface area contributed by atoms with Crippen LogP contribution in [0.2, 0.25) is 0 Å². The van der Waals surface area contributed by atoms with Crippen LogP contribution < -0.4 is 5.32 Å². The monoisotopic (exact) mass is 205 g/mol. The zero-order chi connectivity index (χ0) is 10.7. The van der Waals surface area contributed by atoms with E-state index in [2.05, 4.69) is 18.3 Å². The first-order valence-electron chi connectivity index (χ1n) is 5.97. The van der Waals surface area contributed by atoms with Crippen molar-refractivity contribution >= 4 is 5.91 Å². The van der Waals surface area contributed by atoms with Crippen LogP contribution in [0, 0.1) is 11.3 Å². The minimum absolute atomic E-state index is 0.117. The van der Waals surface area contributed by atoms with Crippen molar-refractivity contribution in [3.8, 4) is 0 Å². The van der Waals surface area contributed by atoms with Crippen LogP contribution >= 0.6 is 0 Å². The molecule has 4 aliphatic carbocycles. The lowest BCUT2D eigenvalue weighted by Crippen LogP contribution is -2.59. The highest BCUT2D eigenvalue weighted by molar-refractivity contribution is 5.74. The van der Waals surface area contributed by atoms with Crippen molar-refractivity contribution in [3.63, 3.8) is 0 Å². The SMILES string of the molecule is CC(=O)NC12CC3=CC(CC(C)(C3)C1)C2. The summed E-state index contributed by atoms with van der Waals surface area (Å²) in [6.07, 6.45) is 8.54. The van der Waals surface area contributed by atoms with Gasteiger partial charge in [-0.05, 0) is 43.4 Å². The molecule has 3 unspecified atom stereocenters. The molecule has 0 saturated heterocycles. The number of carbonyl (C=O) groups excluding carboxylic acids is 1. The molecular weight excluding hydrogens is 186 g/mol. The maximum absolute atomic E-state index is 11.3. The van der Waals surface area contributed by atoms with Gasteiger partial charge in [0.2, 0.25) is 5.91 Å². The molecule has 0 heterocycles. The number of allylic oxidation sites excluding steroid dienone is 1. The molecule has 2 heteroatoms. The lowest BCUT2D eigenvalue weighted by Gasteiger charge is -2.57. The summed E-state index contributed by atoms with van der Waals surface area (Å²) in [5.74, 6) is 0.870. The van der Waals surface area contributed by atoms with Gasteiger partial charge in [-0.25, -0.2) is 0 Å². The molecule has 0 aromatic heterocycles. The second-order valence-electron chi connectivity index (χ2n) is 6.30. The summed E-state index contributed by atoms with van der Waals surface area (Å²) in [5.41, 5.74) is 2.18. The molecule has 0 aromatic carbocycles. The molecule has 4 bridgehead atoms. The van der Waals surface area contributed by atoms with Gasteiger partial charge >= 0.3 is 0 Å². The van der Waals surface area contributed by atoms with Crippen LogP contribution in [0.5, 0.6) is 0 Å².